The molecule has 334 valence electrons. The zero-order valence-electron chi connectivity index (χ0n) is 39.7. The Hall–Kier alpha value is -7.80. The van der Waals surface area contributed by atoms with Gasteiger partial charge in [-0.1, -0.05) is 182 Å². The van der Waals surface area contributed by atoms with E-state index in [1.54, 1.807) is 16.7 Å². The van der Waals surface area contributed by atoms with Crippen molar-refractivity contribution in [2.75, 3.05) is 0 Å². The van der Waals surface area contributed by atoms with Gasteiger partial charge in [0.15, 0.2) is 0 Å². The van der Waals surface area contributed by atoms with E-state index in [1.807, 2.05) is 0 Å². The van der Waals surface area contributed by atoms with Crippen LogP contribution in [0.5, 0.6) is 0 Å². The summed E-state index contributed by atoms with van der Waals surface area (Å²) in [7, 11) is 0. The van der Waals surface area contributed by atoms with Gasteiger partial charge in [-0.15, -0.1) is 0 Å². The monoisotopic (exact) mass is 902 g/mol. The maximum Gasteiger partial charge on any atom is 0.0541 e. The second-order valence-corrected chi connectivity index (χ2v) is 21.7. The summed E-state index contributed by atoms with van der Waals surface area (Å²) in [5.74, 6) is 0.881. The van der Waals surface area contributed by atoms with Crippen LogP contribution >= 0.6 is 0 Å². The summed E-state index contributed by atoms with van der Waals surface area (Å²) in [4.78, 5) is 0. The number of benzene rings is 8. The van der Waals surface area contributed by atoms with Gasteiger partial charge in [-0.05, 0) is 212 Å². The van der Waals surface area contributed by atoms with E-state index in [-0.39, 0.29) is 17.3 Å². The largest absolute Gasteiger partial charge is 0.0839 e. The van der Waals surface area contributed by atoms with Gasteiger partial charge in [-0.3, -0.25) is 0 Å². The number of hydrogen-bond donors (Lipinski definition) is 0. The lowest BCUT2D eigenvalue weighted by atomic mass is 9.64. The van der Waals surface area contributed by atoms with Crippen molar-refractivity contribution < 1.29 is 0 Å². The Bertz CT molecular complexity index is 4150. The van der Waals surface area contributed by atoms with E-state index in [1.165, 1.54) is 132 Å². The quantitative estimate of drug-likeness (QED) is 0.166. The van der Waals surface area contributed by atoms with Gasteiger partial charge in [0.2, 0.25) is 0 Å². The Kier molecular flexibility index (Phi) is 7.78. The fraction of sp³-hybridized carbons (Fsp3) is 0.155. The summed E-state index contributed by atoms with van der Waals surface area (Å²) in [5, 5.41) is 8.34. The second kappa shape index (κ2) is 14.2. The molecule has 3 atom stereocenters. The van der Waals surface area contributed by atoms with Gasteiger partial charge in [-0.2, -0.15) is 0 Å². The van der Waals surface area contributed by atoms with Crippen molar-refractivity contribution >= 4 is 38.3 Å². The maximum atomic E-state index is 2.55. The predicted molar refractivity (Wildman–Crippen MR) is 294 cm³/mol. The molecule has 9 aliphatic rings. The van der Waals surface area contributed by atoms with Gasteiger partial charge in [-0.25, -0.2) is 0 Å². The molecule has 17 rings (SSSR count). The van der Waals surface area contributed by atoms with Crippen LogP contribution in [0.4, 0.5) is 0 Å². The first-order valence-electron chi connectivity index (χ1n) is 26.4. The van der Waals surface area contributed by atoms with Crippen molar-refractivity contribution in [2.45, 2.75) is 56.3 Å². The van der Waals surface area contributed by atoms with E-state index in [0.717, 1.165) is 44.9 Å². The molecule has 0 heteroatoms. The van der Waals surface area contributed by atoms with Crippen LogP contribution < -0.4 is 10.4 Å². The molecule has 0 N–H and O–H groups in total. The van der Waals surface area contributed by atoms with Crippen LogP contribution in [-0.2, 0) is 5.41 Å². The molecular weight excluding hydrogens is 853 g/mol. The average molecular weight is 903 g/mol. The summed E-state index contributed by atoms with van der Waals surface area (Å²) in [6.45, 7) is 0. The van der Waals surface area contributed by atoms with Crippen LogP contribution in [-0.4, -0.2) is 0 Å². The molecule has 0 bridgehead atoms. The lowest BCUT2D eigenvalue weighted by molar-refractivity contribution is 0.498. The number of fused-ring (bicyclic) bond motifs is 17. The lowest BCUT2D eigenvalue weighted by Gasteiger charge is -2.39. The van der Waals surface area contributed by atoms with Crippen LogP contribution in [0.1, 0.15) is 89.8 Å². The molecule has 0 aliphatic heterocycles. The molecule has 0 saturated carbocycles. The summed E-state index contributed by atoms with van der Waals surface area (Å²) >= 11 is 0. The molecule has 1 spiro atoms. The van der Waals surface area contributed by atoms with Crippen LogP contribution in [0.15, 0.2) is 228 Å². The molecule has 0 saturated heterocycles. The molecule has 71 heavy (non-hydrogen) atoms. The molecule has 9 aliphatic carbocycles. The fourth-order valence-corrected chi connectivity index (χ4v) is 16.1. The first-order valence-corrected chi connectivity index (χ1v) is 26.4. The first-order chi connectivity index (χ1) is 35.3. The van der Waals surface area contributed by atoms with Gasteiger partial charge in [0.1, 0.15) is 0 Å². The van der Waals surface area contributed by atoms with Crippen LogP contribution in [0.25, 0.3) is 71.6 Å². The third-order valence-corrected chi connectivity index (χ3v) is 18.6. The van der Waals surface area contributed by atoms with Crippen LogP contribution in [0.3, 0.4) is 0 Å². The average Bonchev–Trinajstić information content (AvgIpc) is 4.14. The summed E-state index contributed by atoms with van der Waals surface area (Å²) in [5.41, 5.74) is 30.3. The minimum absolute atomic E-state index is 0.244. The van der Waals surface area contributed by atoms with Crippen molar-refractivity contribution in [1.82, 2.24) is 0 Å². The highest BCUT2D eigenvalue weighted by molar-refractivity contribution is 6.12. The molecule has 8 aromatic carbocycles. The van der Waals surface area contributed by atoms with E-state index >= 15 is 0 Å². The smallest absolute Gasteiger partial charge is 0.0541 e. The molecule has 0 heterocycles. The van der Waals surface area contributed by atoms with Crippen molar-refractivity contribution in [3.05, 3.63) is 278 Å². The standard InChI is InChI=1S/C71H50/c1-3-17-41(18-4-1)64-50-23-7-8-24-51(50)65(42-19-5-2-6-20-42)70-56-36-35-46(49-26-15-29-55(66(49)56)69(64)70)44-34-33-43-38-58-57(39-45(43)37-44)52-27-16-28-54-67(52)59(58)40-63-68(54)53-25-11-14-32-62(53)71(63)60-30-12-9-21-47(60)48-22-10-13-31-61(48)71/h3,5,7,9-23,25-39,63-64,69H,1-2,4,6,8,24,40H2. The van der Waals surface area contributed by atoms with E-state index in [0.29, 0.717) is 5.92 Å². The minimum atomic E-state index is -0.244. The summed E-state index contributed by atoms with van der Waals surface area (Å²) in [6.07, 6.45) is 27.5. The van der Waals surface area contributed by atoms with E-state index in [4.69, 9.17) is 0 Å². The van der Waals surface area contributed by atoms with E-state index in [2.05, 4.69) is 200 Å². The first kappa shape index (κ1) is 39.0. The molecule has 0 fully saturated rings. The summed E-state index contributed by atoms with van der Waals surface area (Å²) < 4.78 is 0. The van der Waals surface area contributed by atoms with E-state index in [9.17, 15) is 0 Å². The zero-order chi connectivity index (χ0) is 46.1. The maximum absolute atomic E-state index is 2.55. The predicted octanol–water partition coefficient (Wildman–Crippen LogP) is 16.1. The Morgan fingerprint density at radius 1 is 0.451 bits per heavy atom. The minimum Gasteiger partial charge on any atom is -0.0839 e. The third-order valence-electron chi connectivity index (χ3n) is 18.6. The topological polar surface area (TPSA) is 0 Å². The fourth-order valence-electron chi connectivity index (χ4n) is 16.1. The van der Waals surface area contributed by atoms with Crippen molar-refractivity contribution in [3.8, 4) is 33.4 Å². The molecule has 0 radical (unpaired) electrons. The molecule has 0 amide bonds. The Labute approximate surface area is 415 Å². The van der Waals surface area contributed by atoms with Crippen molar-refractivity contribution in [2.24, 2.45) is 11.8 Å². The molecule has 3 unspecified atom stereocenters. The molecule has 8 aromatic rings. The Morgan fingerprint density at radius 3 is 1.97 bits per heavy atom. The number of rotatable bonds is 3. The Morgan fingerprint density at radius 2 is 1.17 bits per heavy atom. The molecule has 0 aromatic heterocycles. The number of hydrogen-bond acceptors (Lipinski definition) is 0. The van der Waals surface area contributed by atoms with Gasteiger partial charge in [0.05, 0.1) is 5.41 Å². The highest BCUT2D eigenvalue weighted by atomic mass is 14.6. The molecular formula is C71H50. The van der Waals surface area contributed by atoms with Gasteiger partial charge in [0.25, 0.3) is 0 Å². The lowest BCUT2D eigenvalue weighted by Crippen LogP contribution is -2.40. The van der Waals surface area contributed by atoms with Crippen molar-refractivity contribution in [1.29, 1.82) is 0 Å². The van der Waals surface area contributed by atoms with Gasteiger partial charge in [0, 0.05) is 17.8 Å². The van der Waals surface area contributed by atoms with Gasteiger partial charge >= 0.3 is 0 Å². The van der Waals surface area contributed by atoms with Crippen LogP contribution in [0.2, 0.25) is 0 Å². The normalized spacial score (nSPS) is 21.8. The molecule has 0 nitrogen and oxygen atoms in total. The second-order valence-electron chi connectivity index (χ2n) is 21.7. The van der Waals surface area contributed by atoms with Crippen LogP contribution in [0, 0.1) is 11.8 Å². The highest BCUT2D eigenvalue weighted by Crippen LogP contribution is 2.66. The zero-order valence-corrected chi connectivity index (χ0v) is 39.7. The summed E-state index contributed by atoms with van der Waals surface area (Å²) in [6, 6.07) is 59.8. The number of allylic oxidation sites excluding steroid dienone is 14. The third kappa shape index (κ3) is 4.91. The van der Waals surface area contributed by atoms with Crippen molar-refractivity contribution in [3.63, 3.8) is 0 Å². The van der Waals surface area contributed by atoms with E-state index < -0.39 is 0 Å². The Balaban J connectivity index is 0.832. The SMILES string of the molecule is C1=CC(C2=C3c4ccc(-c5ccc6cc7c(cc6c5)-c5cccc6c5=C7CC5C=6c6ccccc6C56c5ccccc5-c5ccccc56)c5cccc(c45)C3C(C3=CCCC=C3)C3=C2CCC=C3)=CCC1. The highest BCUT2D eigenvalue weighted by Gasteiger charge is 2.57. The van der Waals surface area contributed by atoms with Gasteiger partial charge < -0.3 is 0 Å².